The topological polar surface area (TPSA) is 51.0 Å². The average molecular weight is 296 g/mol. The molecule has 1 fully saturated rings. The summed E-state index contributed by atoms with van der Waals surface area (Å²) in [5.74, 6) is 0.173. The number of benzene rings is 1. The van der Waals surface area contributed by atoms with E-state index in [9.17, 15) is 4.39 Å². The van der Waals surface area contributed by atoms with Crippen molar-refractivity contribution in [1.29, 1.82) is 0 Å². The Labute approximate surface area is 121 Å². The smallest absolute Gasteiger partial charge is 0.250 e. The van der Waals surface area contributed by atoms with Gasteiger partial charge in [-0.25, -0.2) is 4.39 Å². The zero-order chi connectivity index (χ0) is 13.9. The normalized spacial score (nSPS) is 14.7. The number of hydrogen-bond acceptors (Lipinski definition) is 4. The maximum absolute atomic E-state index is 13.8. The lowest BCUT2D eigenvalue weighted by Gasteiger charge is -2.00. The Bertz CT molecular complexity index is 598. The largest absolute Gasteiger partial charge is 0.421 e. The van der Waals surface area contributed by atoms with Gasteiger partial charge in [0, 0.05) is 12.5 Å². The van der Waals surface area contributed by atoms with E-state index in [1.54, 1.807) is 12.1 Å². The second kappa shape index (κ2) is 5.89. The quantitative estimate of drug-likeness (QED) is 0.831. The summed E-state index contributed by atoms with van der Waals surface area (Å²) in [6, 6.07) is 5.42. The van der Waals surface area contributed by atoms with E-state index in [0.29, 0.717) is 18.4 Å². The van der Waals surface area contributed by atoms with Gasteiger partial charge in [-0.2, -0.15) is 0 Å². The Morgan fingerprint density at radius 2 is 2.20 bits per heavy atom. The first-order valence-electron chi connectivity index (χ1n) is 6.74. The molecule has 0 atom stereocenters. The van der Waals surface area contributed by atoms with Gasteiger partial charge in [-0.3, -0.25) is 0 Å². The van der Waals surface area contributed by atoms with Crippen molar-refractivity contribution in [2.75, 3.05) is 6.54 Å². The number of rotatable bonds is 6. The summed E-state index contributed by atoms with van der Waals surface area (Å²) in [6.45, 7) is 0.938. The highest BCUT2D eigenvalue weighted by atomic mass is 35.5. The molecular weight excluding hydrogens is 281 g/mol. The third-order valence-electron chi connectivity index (χ3n) is 3.23. The first-order chi connectivity index (χ1) is 9.74. The Balaban J connectivity index is 1.62. The molecular formula is C14H15ClFN3O. The van der Waals surface area contributed by atoms with Crippen LogP contribution in [0.2, 0.25) is 5.02 Å². The van der Waals surface area contributed by atoms with Crippen molar-refractivity contribution in [3.63, 3.8) is 0 Å². The maximum atomic E-state index is 13.8. The van der Waals surface area contributed by atoms with Crippen LogP contribution in [0.15, 0.2) is 22.6 Å². The molecule has 6 heteroatoms. The monoisotopic (exact) mass is 295 g/mol. The molecule has 1 aliphatic carbocycles. The number of hydrogen-bond donors (Lipinski definition) is 1. The van der Waals surface area contributed by atoms with E-state index in [1.807, 2.05) is 0 Å². The second-order valence-electron chi connectivity index (χ2n) is 4.93. The molecule has 4 nitrogen and oxygen atoms in total. The van der Waals surface area contributed by atoms with Crippen LogP contribution in [0, 0.1) is 5.82 Å². The highest BCUT2D eigenvalue weighted by molar-refractivity contribution is 6.31. The minimum Gasteiger partial charge on any atom is -0.421 e. The molecule has 1 aliphatic rings. The lowest BCUT2D eigenvalue weighted by atomic mass is 10.2. The average Bonchev–Trinajstić information content (AvgIpc) is 3.15. The number of aromatic nitrogens is 2. The molecule has 1 aromatic heterocycles. The van der Waals surface area contributed by atoms with Gasteiger partial charge >= 0.3 is 0 Å². The third kappa shape index (κ3) is 3.16. The number of halogens is 2. The van der Waals surface area contributed by atoms with Crippen LogP contribution in [-0.4, -0.2) is 22.8 Å². The zero-order valence-corrected chi connectivity index (χ0v) is 11.7. The first-order valence-corrected chi connectivity index (χ1v) is 7.12. The Morgan fingerprint density at radius 1 is 1.35 bits per heavy atom. The highest BCUT2D eigenvalue weighted by Gasteiger charge is 2.20. The second-order valence-corrected chi connectivity index (χ2v) is 5.34. The van der Waals surface area contributed by atoms with Crippen molar-refractivity contribution in [3.05, 3.63) is 34.9 Å². The maximum Gasteiger partial charge on any atom is 0.250 e. The molecule has 1 N–H and O–H groups in total. The first kappa shape index (κ1) is 13.5. The van der Waals surface area contributed by atoms with Crippen LogP contribution in [-0.2, 0) is 6.42 Å². The molecule has 0 amide bonds. The summed E-state index contributed by atoms with van der Waals surface area (Å²) >= 11 is 5.74. The molecule has 0 bridgehead atoms. The Kier molecular flexibility index (Phi) is 3.98. The van der Waals surface area contributed by atoms with E-state index >= 15 is 0 Å². The predicted molar refractivity (Wildman–Crippen MR) is 74.0 cm³/mol. The SMILES string of the molecule is Fc1c(Cl)cccc1-c1nnc(CCCNC2CC2)o1. The predicted octanol–water partition coefficient (Wildman–Crippen LogP) is 3.21. The van der Waals surface area contributed by atoms with Gasteiger partial charge in [0.15, 0.2) is 5.82 Å². The van der Waals surface area contributed by atoms with Crippen LogP contribution < -0.4 is 5.32 Å². The molecule has 1 saturated carbocycles. The van der Waals surface area contributed by atoms with Gasteiger partial charge in [0.2, 0.25) is 5.89 Å². The van der Waals surface area contributed by atoms with Crippen molar-refractivity contribution in [1.82, 2.24) is 15.5 Å². The summed E-state index contributed by atoms with van der Waals surface area (Å²) in [5.41, 5.74) is 0.243. The van der Waals surface area contributed by atoms with Crippen LogP contribution in [0.25, 0.3) is 11.5 Å². The van der Waals surface area contributed by atoms with Gasteiger partial charge in [0.1, 0.15) is 0 Å². The van der Waals surface area contributed by atoms with Crippen LogP contribution in [0.5, 0.6) is 0 Å². The van der Waals surface area contributed by atoms with Crippen LogP contribution in [0.1, 0.15) is 25.2 Å². The van der Waals surface area contributed by atoms with E-state index in [-0.39, 0.29) is 16.5 Å². The Morgan fingerprint density at radius 3 is 3.00 bits per heavy atom. The van der Waals surface area contributed by atoms with E-state index in [2.05, 4.69) is 15.5 Å². The fourth-order valence-corrected chi connectivity index (χ4v) is 2.14. The van der Waals surface area contributed by atoms with Gasteiger partial charge in [-0.1, -0.05) is 17.7 Å². The van der Waals surface area contributed by atoms with Gasteiger partial charge in [0.25, 0.3) is 5.89 Å². The summed E-state index contributed by atoms with van der Waals surface area (Å²) in [4.78, 5) is 0. The summed E-state index contributed by atoms with van der Waals surface area (Å²) < 4.78 is 19.3. The van der Waals surface area contributed by atoms with Gasteiger partial charge in [-0.15, -0.1) is 10.2 Å². The minimum atomic E-state index is -0.528. The lowest BCUT2D eigenvalue weighted by molar-refractivity contribution is 0.487. The molecule has 0 spiro atoms. The van der Waals surface area contributed by atoms with E-state index in [0.717, 1.165) is 13.0 Å². The van der Waals surface area contributed by atoms with Gasteiger partial charge in [-0.05, 0) is 37.9 Å². The van der Waals surface area contributed by atoms with Gasteiger partial charge in [0.05, 0.1) is 10.6 Å². The van der Waals surface area contributed by atoms with Crippen LogP contribution in [0.4, 0.5) is 4.39 Å². The molecule has 3 rings (SSSR count). The molecule has 106 valence electrons. The number of aryl methyl sites for hydroxylation is 1. The lowest BCUT2D eigenvalue weighted by Crippen LogP contribution is -2.17. The molecule has 0 unspecified atom stereocenters. The number of nitrogens with one attached hydrogen (secondary N) is 1. The molecule has 20 heavy (non-hydrogen) atoms. The van der Waals surface area contributed by atoms with Crippen molar-refractivity contribution in [2.45, 2.75) is 31.7 Å². The van der Waals surface area contributed by atoms with Gasteiger partial charge < -0.3 is 9.73 Å². The molecule has 2 aromatic rings. The van der Waals surface area contributed by atoms with Crippen LogP contribution >= 0.6 is 11.6 Å². The summed E-state index contributed by atoms with van der Waals surface area (Å²) in [7, 11) is 0. The molecule has 1 heterocycles. The van der Waals surface area contributed by atoms with Crippen molar-refractivity contribution in [2.24, 2.45) is 0 Å². The van der Waals surface area contributed by atoms with E-state index in [4.69, 9.17) is 16.0 Å². The minimum absolute atomic E-state index is 0.0517. The molecule has 1 aromatic carbocycles. The van der Waals surface area contributed by atoms with Crippen molar-refractivity contribution >= 4 is 11.6 Å². The van der Waals surface area contributed by atoms with Crippen molar-refractivity contribution < 1.29 is 8.81 Å². The zero-order valence-electron chi connectivity index (χ0n) is 10.9. The highest BCUT2D eigenvalue weighted by Crippen LogP contribution is 2.26. The summed E-state index contributed by atoms with van der Waals surface area (Å²) in [5, 5.41) is 11.3. The fourth-order valence-electron chi connectivity index (χ4n) is 1.97. The number of nitrogens with zero attached hydrogens (tertiary/aromatic N) is 2. The van der Waals surface area contributed by atoms with Crippen molar-refractivity contribution in [3.8, 4) is 11.5 Å². The van der Waals surface area contributed by atoms with E-state index in [1.165, 1.54) is 18.9 Å². The standard InChI is InChI=1S/C14H15ClFN3O/c15-11-4-1-3-10(13(11)16)14-19-18-12(20-14)5-2-8-17-9-6-7-9/h1,3-4,9,17H,2,5-8H2. The Hall–Kier alpha value is -1.46. The molecule has 0 saturated heterocycles. The van der Waals surface area contributed by atoms with E-state index < -0.39 is 5.82 Å². The fraction of sp³-hybridized carbons (Fsp3) is 0.429. The molecule has 0 radical (unpaired) electrons. The summed E-state index contributed by atoms with van der Waals surface area (Å²) in [6.07, 6.45) is 4.17. The molecule has 0 aliphatic heterocycles. The van der Waals surface area contributed by atoms with Crippen LogP contribution in [0.3, 0.4) is 0 Å². The third-order valence-corrected chi connectivity index (χ3v) is 3.52.